The number of hydrogen-bond donors (Lipinski definition) is 0. The third kappa shape index (κ3) is 2.36. The van der Waals surface area contributed by atoms with Crippen LogP contribution in [0.4, 0.5) is 0 Å². The van der Waals surface area contributed by atoms with Gasteiger partial charge in [-0.3, -0.25) is 0 Å². The summed E-state index contributed by atoms with van der Waals surface area (Å²) in [4.78, 5) is 0.398. The fourth-order valence-electron chi connectivity index (χ4n) is 1.08. The van der Waals surface area contributed by atoms with E-state index in [-0.39, 0.29) is 5.25 Å². The van der Waals surface area contributed by atoms with Crippen molar-refractivity contribution in [2.45, 2.75) is 30.4 Å². The predicted octanol–water partition coefficient (Wildman–Crippen LogP) is 3.02. The van der Waals surface area contributed by atoms with Crippen molar-refractivity contribution in [3.63, 3.8) is 0 Å². The Morgan fingerprint density at radius 1 is 1.29 bits per heavy atom. The average Bonchev–Trinajstić information content (AvgIpc) is 2.17. The van der Waals surface area contributed by atoms with E-state index in [9.17, 15) is 8.42 Å². The van der Waals surface area contributed by atoms with Gasteiger partial charge < -0.3 is 0 Å². The van der Waals surface area contributed by atoms with Crippen LogP contribution in [0.3, 0.4) is 0 Å². The molecule has 0 radical (unpaired) electrons. The van der Waals surface area contributed by atoms with Crippen molar-refractivity contribution in [3.05, 3.63) is 28.7 Å². The zero-order valence-electron chi connectivity index (χ0n) is 8.20. The Kier molecular flexibility index (Phi) is 3.72. The molecule has 0 fully saturated rings. The molecule has 0 bridgehead atoms. The molecule has 0 aliphatic carbocycles. The van der Waals surface area contributed by atoms with Crippen LogP contribution in [0.5, 0.6) is 0 Å². The summed E-state index contributed by atoms with van der Waals surface area (Å²) < 4.78 is 24.6. The second-order valence-electron chi connectivity index (χ2n) is 3.22. The molecule has 1 atom stereocenters. The molecule has 0 N–H and O–H groups in total. The van der Waals surface area contributed by atoms with Crippen molar-refractivity contribution >= 4 is 25.8 Å². The molecule has 1 rings (SSSR count). The lowest BCUT2D eigenvalue weighted by Crippen LogP contribution is -2.16. The van der Waals surface area contributed by atoms with Gasteiger partial charge in [-0.2, -0.15) is 0 Å². The number of benzene rings is 1. The minimum Gasteiger partial charge on any atom is -0.223 e. The normalized spacial score (nSPS) is 13.9. The van der Waals surface area contributed by atoms with E-state index in [0.29, 0.717) is 11.3 Å². The van der Waals surface area contributed by atoms with Crippen LogP contribution in [0.15, 0.2) is 33.6 Å². The maximum absolute atomic E-state index is 11.9. The topological polar surface area (TPSA) is 34.1 Å². The van der Waals surface area contributed by atoms with E-state index in [4.69, 9.17) is 0 Å². The van der Waals surface area contributed by atoms with Gasteiger partial charge in [-0.15, -0.1) is 0 Å². The van der Waals surface area contributed by atoms with Gasteiger partial charge in [0.15, 0.2) is 9.84 Å². The molecule has 0 spiro atoms. The molecule has 0 aromatic heterocycles. The Morgan fingerprint density at radius 3 is 2.21 bits per heavy atom. The van der Waals surface area contributed by atoms with Crippen LogP contribution >= 0.6 is 15.9 Å². The van der Waals surface area contributed by atoms with Gasteiger partial charge in [-0.25, -0.2) is 8.42 Å². The van der Waals surface area contributed by atoms with Gasteiger partial charge >= 0.3 is 0 Å². The lowest BCUT2D eigenvalue weighted by molar-refractivity contribution is 0.581. The Balaban J connectivity index is 3.11. The number of hydrogen-bond acceptors (Lipinski definition) is 2. The van der Waals surface area contributed by atoms with Crippen LogP contribution in [0.25, 0.3) is 0 Å². The zero-order chi connectivity index (χ0) is 10.8. The van der Waals surface area contributed by atoms with E-state index in [1.807, 2.05) is 6.92 Å². The largest absolute Gasteiger partial charge is 0.223 e. The zero-order valence-corrected chi connectivity index (χ0v) is 10.6. The van der Waals surface area contributed by atoms with Crippen LogP contribution in [0, 0.1) is 0 Å². The highest BCUT2D eigenvalue weighted by molar-refractivity contribution is 9.10. The van der Waals surface area contributed by atoms with Crippen molar-refractivity contribution in [2.24, 2.45) is 0 Å². The van der Waals surface area contributed by atoms with E-state index < -0.39 is 9.84 Å². The fourth-order valence-corrected chi connectivity index (χ4v) is 2.76. The summed E-state index contributed by atoms with van der Waals surface area (Å²) in [6, 6.07) is 6.75. The molecule has 4 heteroatoms. The lowest BCUT2D eigenvalue weighted by atomic mass is 10.4. The molecular weight excluding hydrogens is 264 g/mol. The van der Waals surface area contributed by atoms with Crippen LogP contribution in [-0.4, -0.2) is 13.7 Å². The third-order valence-corrected chi connectivity index (χ3v) is 5.10. The van der Waals surface area contributed by atoms with Crippen LogP contribution in [0.2, 0.25) is 0 Å². The highest BCUT2D eigenvalue weighted by Crippen LogP contribution is 2.20. The quantitative estimate of drug-likeness (QED) is 0.851. The molecule has 1 unspecified atom stereocenters. The minimum absolute atomic E-state index is 0.316. The minimum atomic E-state index is -3.13. The summed E-state index contributed by atoms with van der Waals surface area (Å²) in [5.74, 6) is 0. The number of rotatable bonds is 3. The molecule has 0 amide bonds. The summed E-state index contributed by atoms with van der Waals surface area (Å²) in [5.41, 5.74) is 0. The van der Waals surface area contributed by atoms with Gasteiger partial charge in [0.25, 0.3) is 0 Å². The maximum Gasteiger partial charge on any atom is 0.180 e. The first-order chi connectivity index (χ1) is 6.48. The fraction of sp³-hybridized carbons (Fsp3) is 0.400. The first-order valence-electron chi connectivity index (χ1n) is 4.48. The summed E-state index contributed by atoms with van der Waals surface area (Å²) in [5, 5.41) is -0.316. The Hall–Kier alpha value is -0.350. The Bertz CT molecular complexity index is 395. The van der Waals surface area contributed by atoms with E-state index >= 15 is 0 Å². The molecule has 14 heavy (non-hydrogen) atoms. The van der Waals surface area contributed by atoms with Crippen molar-refractivity contribution in [1.82, 2.24) is 0 Å². The molecule has 0 saturated carbocycles. The number of halogens is 1. The average molecular weight is 277 g/mol. The summed E-state index contributed by atoms with van der Waals surface area (Å²) in [7, 11) is -3.13. The molecule has 0 aliphatic rings. The van der Waals surface area contributed by atoms with Gasteiger partial charge in [0.2, 0.25) is 0 Å². The summed E-state index contributed by atoms with van der Waals surface area (Å²) in [6.07, 6.45) is 0.637. The van der Waals surface area contributed by atoms with Gasteiger partial charge in [0, 0.05) is 4.47 Å². The highest BCUT2D eigenvalue weighted by Gasteiger charge is 2.20. The SMILES string of the molecule is CCC(C)S(=O)(=O)c1ccc(Br)cc1. The summed E-state index contributed by atoms with van der Waals surface area (Å²) in [6.45, 7) is 3.61. The van der Waals surface area contributed by atoms with Crippen molar-refractivity contribution in [2.75, 3.05) is 0 Å². The van der Waals surface area contributed by atoms with E-state index in [1.165, 1.54) is 0 Å². The van der Waals surface area contributed by atoms with E-state index in [2.05, 4.69) is 15.9 Å². The monoisotopic (exact) mass is 276 g/mol. The molecule has 78 valence electrons. The van der Waals surface area contributed by atoms with Crippen molar-refractivity contribution in [3.8, 4) is 0 Å². The summed E-state index contributed by atoms with van der Waals surface area (Å²) >= 11 is 3.27. The lowest BCUT2D eigenvalue weighted by Gasteiger charge is -2.10. The van der Waals surface area contributed by atoms with E-state index in [1.54, 1.807) is 31.2 Å². The molecule has 0 heterocycles. The second kappa shape index (κ2) is 4.45. The second-order valence-corrected chi connectivity index (χ2v) is 6.50. The van der Waals surface area contributed by atoms with Gasteiger partial charge in [0.1, 0.15) is 0 Å². The Morgan fingerprint density at radius 2 is 1.79 bits per heavy atom. The van der Waals surface area contributed by atoms with E-state index in [0.717, 1.165) is 4.47 Å². The smallest absolute Gasteiger partial charge is 0.180 e. The predicted molar refractivity (Wildman–Crippen MR) is 61.1 cm³/mol. The third-order valence-electron chi connectivity index (χ3n) is 2.25. The first-order valence-corrected chi connectivity index (χ1v) is 6.82. The number of sulfone groups is 1. The molecule has 0 saturated heterocycles. The molecule has 0 aliphatic heterocycles. The van der Waals surface area contributed by atoms with Crippen molar-refractivity contribution < 1.29 is 8.42 Å². The molecule has 1 aromatic rings. The first kappa shape index (κ1) is 11.7. The van der Waals surface area contributed by atoms with Crippen LogP contribution in [-0.2, 0) is 9.84 Å². The molecule has 1 aromatic carbocycles. The van der Waals surface area contributed by atoms with Gasteiger partial charge in [0.05, 0.1) is 10.1 Å². The Labute approximate surface area is 93.4 Å². The van der Waals surface area contributed by atoms with Crippen LogP contribution < -0.4 is 0 Å². The standard InChI is InChI=1S/C10H13BrO2S/c1-3-8(2)14(12,13)10-6-4-9(11)5-7-10/h4-8H,3H2,1-2H3. The van der Waals surface area contributed by atoms with Crippen molar-refractivity contribution in [1.29, 1.82) is 0 Å². The maximum atomic E-state index is 11.9. The molecular formula is C10H13BrO2S. The molecule has 2 nitrogen and oxygen atoms in total. The highest BCUT2D eigenvalue weighted by atomic mass is 79.9. The van der Waals surface area contributed by atoms with Crippen LogP contribution in [0.1, 0.15) is 20.3 Å². The van der Waals surface area contributed by atoms with Gasteiger partial charge in [-0.05, 0) is 37.6 Å². The van der Waals surface area contributed by atoms with Gasteiger partial charge in [-0.1, -0.05) is 22.9 Å².